The highest BCUT2D eigenvalue weighted by molar-refractivity contribution is 5.79. The van der Waals surface area contributed by atoms with E-state index in [2.05, 4.69) is 39.6 Å². The van der Waals surface area contributed by atoms with Gasteiger partial charge < -0.3 is 20.1 Å². The van der Waals surface area contributed by atoms with Crippen LogP contribution in [0.5, 0.6) is 11.5 Å². The maximum absolute atomic E-state index is 5.45. The molecule has 1 aromatic rings. The largest absolute Gasteiger partial charge is 0.493 e. The Hall–Kier alpha value is -1.95. The van der Waals surface area contributed by atoms with Crippen molar-refractivity contribution in [2.24, 2.45) is 10.9 Å². The van der Waals surface area contributed by atoms with Crippen molar-refractivity contribution in [3.8, 4) is 11.5 Å². The second kappa shape index (κ2) is 9.12. The van der Waals surface area contributed by atoms with Gasteiger partial charge in [0.25, 0.3) is 0 Å². The van der Waals surface area contributed by atoms with Gasteiger partial charge in [0.15, 0.2) is 17.5 Å². The molecule has 1 heterocycles. The number of methoxy groups -OCH3 is 2. The number of guanidine groups is 1. The highest BCUT2D eigenvalue weighted by Gasteiger charge is 2.21. The zero-order chi connectivity index (χ0) is 18.4. The van der Waals surface area contributed by atoms with Crippen molar-refractivity contribution in [2.75, 3.05) is 46.9 Å². The van der Waals surface area contributed by atoms with Gasteiger partial charge in [-0.25, -0.2) is 0 Å². The van der Waals surface area contributed by atoms with Gasteiger partial charge in [-0.15, -0.1) is 0 Å². The van der Waals surface area contributed by atoms with Crippen LogP contribution < -0.4 is 20.1 Å². The number of nitrogens with one attached hydrogen (secondary N) is 2. The molecule has 2 N–H and O–H groups in total. The number of nitrogens with zero attached hydrogens (tertiary/aromatic N) is 2. The highest BCUT2D eigenvalue weighted by atomic mass is 16.5. The first-order valence-electron chi connectivity index (χ1n) is 9.71. The molecular weight excluding hydrogens is 328 g/mol. The van der Waals surface area contributed by atoms with E-state index in [0.29, 0.717) is 0 Å². The molecule has 2 aliphatic rings. The van der Waals surface area contributed by atoms with Crippen LogP contribution in [0.3, 0.4) is 0 Å². The quantitative estimate of drug-likeness (QED) is 0.549. The lowest BCUT2D eigenvalue weighted by atomic mass is 9.99. The van der Waals surface area contributed by atoms with E-state index in [4.69, 9.17) is 9.47 Å². The second-order valence-corrected chi connectivity index (χ2v) is 7.09. The third kappa shape index (κ3) is 5.04. The molecule has 1 fully saturated rings. The Labute approximate surface area is 157 Å². The fraction of sp³-hybridized carbons (Fsp3) is 0.650. The summed E-state index contributed by atoms with van der Waals surface area (Å²) in [5.74, 6) is 3.40. The summed E-state index contributed by atoms with van der Waals surface area (Å²) in [5, 5.41) is 6.81. The van der Waals surface area contributed by atoms with Gasteiger partial charge in [-0.3, -0.25) is 9.89 Å². The van der Waals surface area contributed by atoms with Crippen LogP contribution in [0.25, 0.3) is 0 Å². The van der Waals surface area contributed by atoms with Crippen LogP contribution in [0.2, 0.25) is 0 Å². The van der Waals surface area contributed by atoms with Gasteiger partial charge in [-0.2, -0.15) is 0 Å². The van der Waals surface area contributed by atoms with E-state index in [0.717, 1.165) is 69.1 Å². The summed E-state index contributed by atoms with van der Waals surface area (Å²) in [4.78, 5) is 7.16. The van der Waals surface area contributed by atoms with Gasteiger partial charge in [0.1, 0.15) is 0 Å². The molecule has 0 bridgehead atoms. The zero-order valence-electron chi connectivity index (χ0n) is 16.3. The van der Waals surface area contributed by atoms with Crippen molar-refractivity contribution in [2.45, 2.75) is 32.7 Å². The summed E-state index contributed by atoms with van der Waals surface area (Å²) in [6, 6.07) is 4.24. The van der Waals surface area contributed by atoms with Crippen LogP contribution in [-0.4, -0.2) is 57.8 Å². The van der Waals surface area contributed by atoms with Gasteiger partial charge in [0.05, 0.1) is 14.2 Å². The number of fused-ring (bicyclic) bond motifs is 1. The van der Waals surface area contributed by atoms with E-state index in [1.54, 1.807) is 14.2 Å². The van der Waals surface area contributed by atoms with Gasteiger partial charge >= 0.3 is 0 Å². The van der Waals surface area contributed by atoms with Crippen LogP contribution in [0.4, 0.5) is 0 Å². The average molecular weight is 361 g/mol. The minimum Gasteiger partial charge on any atom is -0.493 e. The van der Waals surface area contributed by atoms with Crippen molar-refractivity contribution in [1.82, 2.24) is 15.5 Å². The Bertz CT molecular complexity index is 628. The third-order valence-electron chi connectivity index (χ3n) is 5.07. The molecule has 1 aliphatic heterocycles. The smallest absolute Gasteiger partial charge is 0.191 e. The standard InChI is InChI=1S/C20H32N4O2/c1-4-21-20(23-13-15-5-6-15)22-8-10-24-9-7-16-11-18(25-2)19(26-3)12-17(16)14-24/h11-12,15H,4-10,13-14H2,1-3H3,(H2,21,22,23). The summed E-state index contributed by atoms with van der Waals surface area (Å²) in [5.41, 5.74) is 2.70. The lowest BCUT2D eigenvalue weighted by molar-refractivity contribution is 0.256. The van der Waals surface area contributed by atoms with Crippen LogP contribution in [0.1, 0.15) is 30.9 Å². The van der Waals surface area contributed by atoms with Crippen molar-refractivity contribution in [1.29, 1.82) is 0 Å². The van der Waals surface area contributed by atoms with E-state index < -0.39 is 0 Å². The molecule has 26 heavy (non-hydrogen) atoms. The average Bonchev–Trinajstić information content (AvgIpc) is 3.49. The van der Waals surface area contributed by atoms with E-state index in [9.17, 15) is 0 Å². The molecule has 0 amide bonds. The topological polar surface area (TPSA) is 58.1 Å². The van der Waals surface area contributed by atoms with Crippen molar-refractivity contribution in [3.05, 3.63) is 23.3 Å². The molecular formula is C20H32N4O2. The monoisotopic (exact) mass is 360 g/mol. The normalized spacial score (nSPS) is 17.6. The van der Waals surface area contributed by atoms with Gasteiger partial charge in [0, 0.05) is 39.3 Å². The van der Waals surface area contributed by atoms with Gasteiger partial charge in [0.2, 0.25) is 0 Å². The maximum Gasteiger partial charge on any atom is 0.191 e. The summed E-state index contributed by atoms with van der Waals surface area (Å²) >= 11 is 0. The van der Waals surface area contributed by atoms with E-state index in [1.807, 2.05) is 0 Å². The second-order valence-electron chi connectivity index (χ2n) is 7.09. The minimum atomic E-state index is 0.813. The summed E-state index contributed by atoms with van der Waals surface area (Å²) in [6.07, 6.45) is 3.72. The predicted octanol–water partition coefficient (Wildman–Crippen LogP) is 2.03. The van der Waals surface area contributed by atoms with E-state index in [-0.39, 0.29) is 0 Å². The molecule has 0 unspecified atom stereocenters. The first kappa shape index (κ1) is 18.8. The SMILES string of the molecule is CCNC(=NCC1CC1)NCCN1CCc2cc(OC)c(OC)cc2C1. The molecule has 144 valence electrons. The van der Waals surface area contributed by atoms with E-state index >= 15 is 0 Å². The van der Waals surface area contributed by atoms with Crippen molar-refractivity contribution >= 4 is 5.96 Å². The molecule has 0 saturated heterocycles. The number of rotatable bonds is 8. The molecule has 0 spiro atoms. The van der Waals surface area contributed by atoms with Crippen molar-refractivity contribution in [3.63, 3.8) is 0 Å². The van der Waals surface area contributed by atoms with Gasteiger partial charge in [-0.05, 0) is 55.4 Å². The highest BCUT2D eigenvalue weighted by Crippen LogP contribution is 2.33. The first-order chi connectivity index (χ1) is 12.7. The molecule has 1 aliphatic carbocycles. The van der Waals surface area contributed by atoms with Crippen LogP contribution >= 0.6 is 0 Å². The molecule has 6 nitrogen and oxygen atoms in total. The maximum atomic E-state index is 5.45. The molecule has 0 atom stereocenters. The Morgan fingerprint density at radius 1 is 1.15 bits per heavy atom. The summed E-state index contributed by atoms with van der Waals surface area (Å²) in [7, 11) is 3.38. The Kier molecular flexibility index (Phi) is 6.61. The summed E-state index contributed by atoms with van der Waals surface area (Å²) < 4.78 is 10.9. The number of hydrogen-bond acceptors (Lipinski definition) is 4. The minimum absolute atomic E-state index is 0.813. The Balaban J connectivity index is 1.51. The Morgan fingerprint density at radius 3 is 2.54 bits per heavy atom. The number of benzene rings is 1. The van der Waals surface area contributed by atoms with Crippen LogP contribution in [0.15, 0.2) is 17.1 Å². The lowest BCUT2D eigenvalue weighted by Gasteiger charge is -2.29. The zero-order valence-corrected chi connectivity index (χ0v) is 16.3. The fourth-order valence-electron chi connectivity index (χ4n) is 3.33. The number of aliphatic imine (C=N–C) groups is 1. The summed E-state index contributed by atoms with van der Waals surface area (Å²) in [6.45, 7) is 7.88. The molecule has 0 radical (unpaired) electrons. The molecule has 0 aromatic heterocycles. The lowest BCUT2D eigenvalue weighted by Crippen LogP contribution is -2.42. The van der Waals surface area contributed by atoms with Crippen LogP contribution in [-0.2, 0) is 13.0 Å². The van der Waals surface area contributed by atoms with E-state index in [1.165, 1.54) is 24.0 Å². The van der Waals surface area contributed by atoms with Crippen LogP contribution in [0, 0.1) is 5.92 Å². The van der Waals surface area contributed by atoms with Gasteiger partial charge in [-0.1, -0.05) is 0 Å². The fourth-order valence-corrected chi connectivity index (χ4v) is 3.33. The molecule has 1 aromatic carbocycles. The Morgan fingerprint density at radius 2 is 1.88 bits per heavy atom. The number of ether oxygens (including phenoxy) is 2. The first-order valence-corrected chi connectivity index (χ1v) is 9.71. The molecule has 6 heteroatoms. The number of hydrogen-bond donors (Lipinski definition) is 2. The molecule has 1 saturated carbocycles. The predicted molar refractivity (Wildman–Crippen MR) is 105 cm³/mol. The third-order valence-corrected chi connectivity index (χ3v) is 5.07. The molecule has 3 rings (SSSR count). The van der Waals surface area contributed by atoms with Crippen molar-refractivity contribution < 1.29 is 9.47 Å².